The molecule has 2 nitrogen and oxygen atoms in total. The zero-order valence-corrected chi connectivity index (χ0v) is 11.8. The highest BCUT2D eigenvalue weighted by Crippen LogP contribution is 2.18. The number of likely N-dealkylation sites (N-methyl/N-ethyl adjacent to an activating group) is 1. The number of nitrogens with one attached hydrogen (secondary N) is 1. The molecule has 0 saturated carbocycles. The maximum Gasteiger partial charge on any atom is 0.0422 e. The summed E-state index contributed by atoms with van der Waals surface area (Å²) in [5.41, 5.74) is 3.86. The molecule has 100 valence electrons. The van der Waals surface area contributed by atoms with Crippen LogP contribution in [0.5, 0.6) is 0 Å². The van der Waals surface area contributed by atoms with E-state index in [2.05, 4.69) is 54.5 Å². The van der Waals surface area contributed by atoms with E-state index in [1.165, 1.54) is 11.1 Å². The molecule has 2 heteroatoms. The summed E-state index contributed by atoms with van der Waals surface area (Å²) in [7, 11) is 0. The Morgan fingerprint density at radius 2 is 1.84 bits per heavy atom. The van der Waals surface area contributed by atoms with Gasteiger partial charge in [-0.3, -0.25) is 4.98 Å². The van der Waals surface area contributed by atoms with Gasteiger partial charge in [-0.1, -0.05) is 44.2 Å². The van der Waals surface area contributed by atoms with E-state index in [0.29, 0.717) is 6.04 Å². The van der Waals surface area contributed by atoms with E-state index in [1.54, 1.807) is 0 Å². The van der Waals surface area contributed by atoms with Crippen molar-refractivity contribution in [3.8, 4) is 0 Å². The van der Waals surface area contributed by atoms with Gasteiger partial charge in [0, 0.05) is 24.4 Å². The summed E-state index contributed by atoms with van der Waals surface area (Å²) in [4.78, 5) is 4.42. The Balaban J connectivity index is 2.14. The van der Waals surface area contributed by atoms with Crippen molar-refractivity contribution in [2.45, 2.75) is 32.7 Å². The largest absolute Gasteiger partial charge is 0.310 e. The summed E-state index contributed by atoms with van der Waals surface area (Å²) < 4.78 is 0. The highest BCUT2D eigenvalue weighted by molar-refractivity contribution is 5.26. The molecule has 0 bridgehead atoms. The topological polar surface area (TPSA) is 24.9 Å². The fourth-order valence-electron chi connectivity index (χ4n) is 2.27. The lowest BCUT2D eigenvalue weighted by molar-refractivity contribution is 0.544. The Labute approximate surface area is 115 Å². The average molecular weight is 254 g/mol. The number of aryl methyl sites for hydroxylation is 1. The van der Waals surface area contributed by atoms with Gasteiger partial charge in [-0.2, -0.15) is 0 Å². The molecule has 0 aliphatic carbocycles. The van der Waals surface area contributed by atoms with Gasteiger partial charge in [-0.15, -0.1) is 0 Å². The molecule has 0 amide bonds. The normalized spacial score (nSPS) is 12.3. The van der Waals surface area contributed by atoms with Gasteiger partial charge in [-0.05, 0) is 36.2 Å². The first kappa shape index (κ1) is 13.8. The minimum absolute atomic E-state index is 0.339. The van der Waals surface area contributed by atoms with E-state index < -0.39 is 0 Å². The van der Waals surface area contributed by atoms with Crippen LogP contribution < -0.4 is 5.32 Å². The lowest BCUT2D eigenvalue weighted by Crippen LogP contribution is -2.23. The molecule has 1 heterocycles. The number of benzene rings is 1. The Hall–Kier alpha value is -1.67. The van der Waals surface area contributed by atoms with Crippen molar-refractivity contribution >= 4 is 0 Å². The number of aromatic nitrogens is 1. The number of pyridine rings is 1. The third-order valence-corrected chi connectivity index (χ3v) is 3.38. The van der Waals surface area contributed by atoms with Gasteiger partial charge in [-0.25, -0.2) is 0 Å². The Bertz CT molecular complexity index is 476. The standard InChI is InChI=1S/C17H22N2/c1-3-14-8-10-15(11-9-14)17(18-4-2)13-16-7-5-6-12-19-16/h5-12,17-18H,3-4,13H2,1-2H3. The van der Waals surface area contributed by atoms with Crippen LogP contribution >= 0.6 is 0 Å². The second-order valence-corrected chi connectivity index (χ2v) is 4.73. The summed E-state index contributed by atoms with van der Waals surface area (Å²) in [6.45, 7) is 5.30. The zero-order valence-electron chi connectivity index (χ0n) is 11.8. The van der Waals surface area contributed by atoms with Gasteiger partial charge in [0.05, 0.1) is 0 Å². The molecule has 1 unspecified atom stereocenters. The Morgan fingerprint density at radius 3 is 2.42 bits per heavy atom. The van der Waals surface area contributed by atoms with Crippen LogP contribution in [0, 0.1) is 0 Å². The SMILES string of the molecule is CCNC(Cc1ccccn1)c1ccc(CC)cc1. The van der Waals surface area contributed by atoms with E-state index in [4.69, 9.17) is 0 Å². The molecule has 1 aromatic heterocycles. The lowest BCUT2D eigenvalue weighted by Gasteiger charge is -2.18. The van der Waals surface area contributed by atoms with E-state index in [-0.39, 0.29) is 0 Å². The number of hydrogen-bond acceptors (Lipinski definition) is 2. The van der Waals surface area contributed by atoms with E-state index in [9.17, 15) is 0 Å². The third kappa shape index (κ3) is 3.90. The average Bonchev–Trinajstić information content (AvgIpc) is 2.48. The van der Waals surface area contributed by atoms with Crippen LogP contribution in [0.15, 0.2) is 48.7 Å². The van der Waals surface area contributed by atoms with Crippen molar-refractivity contribution in [3.63, 3.8) is 0 Å². The molecule has 1 aromatic carbocycles. The fourth-order valence-corrected chi connectivity index (χ4v) is 2.27. The summed E-state index contributed by atoms with van der Waals surface area (Å²) in [5, 5.41) is 3.54. The van der Waals surface area contributed by atoms with Crippen LogP contribution in [0.1, 0.15) is 36.7 Å². The second-order valence-electron chi connectivity index (χ2n) is 4.73. The summed E-state index contributed by atoms with van der Waals surface area (Å²) in [6, 6.07) is 15.3. The predicted molar refractivity (Wildman–Crippen MR) is 80.2 cm³/mol. The van der Waals surface area contributed by atoms with Crippen molar-refractivity contribution in [3.05, 3.63) is 65.5 Å². The van der Waals surface area contributed by atoms with Crippen molar-refractivity contribution in [2.24, 2.45) is 0 Å². The molecule has 19 heavy (non-hydrogen) atoms. The van der Waals surface area contributed by atoms with Gasteiger partial charge in [0.2, 0.25) is 0 Å². The molecule has 0 spiro atoms. The maximum atomic E-state index is 4.42. The quantitative estimate of drug-likeness (QED) is 0.853. The molecular weight excluding hydrogens is 232 g/mol. The monoisotopic (exact) mass is 254 g/mol. The van der Waals surface area contributed by atoms with E-state index >= 15 is 0 Å². The van der Waals surface area contributed by atoms with Gasteiger partial charge < -0.3 is 5.32 Å². The molecular formula is C17H22N2. The van der Waals surface area contributed by atoms with Crippen molar-refractivity contribution in [1.29, 1.82) is 0 Å². The third-order valence-electron chi connectivity index (χ3n) is 3.38. The predicted octanol–water partition coefficient (Wildman–Crippen LogP) is 3.54. The van der Waals surface area contributed by atoms with Gasteiger partial charge in [0.1, 0.15) is 0 Å². The first-order valence-electron chi connectivity index (χ1n) is 7.05. The Morgan fingerprint density at radius 1 is 1.05 bits per heavy atom. The highest BCUT2D eigenvalue weighted by atomic mass is 14.9. The first-order valence-corrected chi connectivity index (χ1v) is 7.05. The number of hydrogen-bond donors (Lipinski definition) is 1. The molecule has 0 fully saturated rings. The molecule has 1 N–H and O–H groups in total. The number of rotatable bonds is 6. The molecule has 0 saturated heterocycles. The van der Waals surface area contributed by atoms with Gasteiger partial charge in [0.25, 0.3) is 0 Å². The zero-order chi connectivity index (χ0) is 13.5. The van der Waals surface area contributed by atoms with Crippen LogP contribution in [0.25, 0.3) is 0 Å². The smallest absolute Gasteiger partial charge is 0.0422 e. The van der Waals surface area contributed by atoms with Crippen molar-refractivity contribution in [1.82, 2.24) is 10.3 Å². The lowest BCUT2D eigenvalue weighted by atomic mass is 9.99. The van der Waals surface area contributed by atoms with Crippen LogP contribution in [-0.4, -0.2) is 11.5 Å². The fraction of sp³-hybridized carbons (Fsp3) is 0.353. The van der Waals surface area contributed by atoms with E-state index in [1.807, 2.05) is 18.3 Å². The maximum absolute atomic E-state index is 4.42. The van der Waals surface area contributed by atoms with Gasteiger partial charge in [0.15, 0.2) is 0 Å². The number of nitrogens with zero attached hydrogens (tertiary/aromatic N) is 1. The van der Waals surface area contributed by atoms with Gasteiger partial charge >= 0.3 is 0 Å². The molecule has 0 radical (unpaired) electrons. The summed E-state index contributed by atoms with van der Waals surface area (Å²) >= 11 is 0. The van der Waals surface area contributed by atoms with E-state index in [0.717, 1.165) is 25.1 Å². The van der Waals surface area contributed by atoms with Crippen molar-refractivity contribution in [2.75, 3.05) is 6.54 Å². The molecule has 0 aliphatic rings. The first-order chi connectivity index (χ1) is 9.33. The molecule has 0 aliphatic heterocycles. The summed E-state index contributed by atoms with van der Waals surface area (Å²) in [6.07, 6.45) is 3.88. The second kappa shape index (κ2) is 7.05. The van der Waals surface area contributed by atoms with Crippen LogP contribution in [0.3, 0.4) is 0 Å². The van der Waals surface area contributed by atoms with Crippen LogP contribution in [0.2, 0.25) is 0 Å². The van der Waals surface area contributed by atoms with Crippen molar-refractivity contribution < 1.29 is 0 Å². The molecule has 1 atom stereocenters. The molecule has 2 rings (SSSR count). The van der Waals surface area contributed by atoms with Crippen LogP contribution in [0.4, 0.5) is 0 Å². The molecule has 2 aromatic rings. The summed E-state index contributed by atoms with van der Waals surface area (Å²) in [5.74, 6) is 0. The van der Waals surface area contributed by atoms with Crippen LogP contribution in [-0.2, 0) is 12.8 Å². The Kier molecular flexibility index (Phi) is 5.10. The minimum atomic E-state index is 0.339. The highest BCUT2D eigenvalue weighted by Gasteiger charge is 2.11. The minimum Gasteiger partial charge on any atom is -0.310 e.